The van der Waals surface area contributed by atoms with Crippen LogP contribution in [0, 0.1) is 5.92 Å². The van der Waals surface area contributed by atoms with Gasteiger partial charge in [-0.25, -0.2) is 0 Å². The highest BCUT2D eigenvalue weighted by molar-refractivity contribution is 6.31. The summed E-state index contributed by atoms with van der Waals surface area (Å²) >= 11 is 6.26. The minimum Gasteiger partial charge on any atom is -0.303 e. The summed E-state index contributed by atoms with van der Waals surface area (Å²) in [5.74, 6) is 0.954. The normalized spacial score (nSPS) is 18.9. The van der Waals surface area contributed by atoms with Crippen LogP contribution in [0.4, 0.5) is 0 Å². The van der Waals surface area contributed by atoms with Crippen molar-refractivity contribution in [2.24, 2.45) is 5.92 Å². The molecule has 0 N–H and O–H groups in total. The Bertz CT molecular complexity index is 369. The van der Waals surface area contributed by atoms with Gasteiger partial charge in [-0.15, -0.1) is 0 Å². The third-order valence-corrected chi connectivity index (χ3v) is 4.22. The number of rotatable bonds is 4. The Morgan fingerprint density at radius 2 is 1.94 bits per heavy atom. The molecule has 1 aromatic carbocycles. The first-order chi connectivity index (χ1) is 8.33. The van der Waals surface area contributed by atoms with Gasteiger partial charge in [-0.2, -0.15) is 0 Å². The number of carbonyl (C=O) groups is 1. The fourth-order valence-electron chi connectivity index (χ4n) is 2.99. The van der Waals surface area contributed by atoms with E-state index in [0.29, 0.717) is 18.3 Å². The third-order valence-electron chi connectivity index (χ3n) is 3.87. The van der Waals surface area contributed by atoms with Crippen molar-refractivity contribution in [1.29, 1.82) is 0 Å². The second kappa shape index (κ2) is 6.20. The lowest BCUT2D eigenvalue weighted by atomic mass is 9.75. The first-order valence-electron chi connectivity index (χ1n) is 6.51. The maximum atomic E-state index is 10.9. The largest absolute Gasteiger partial charge is 0.303 e. The summed E-state index contributed by atoms with van der Waals surface area (Å²) in [7, 11) is 0. The van der Waals surface area contributed by atoms with Crippen molar-refractivity contribution in [3.05, 3.63) is 34.9 Å². The van der Waals surface area contributed by atoms with Gasteiger partial charge in [-0.05, 0) is 36.3 Å². The molecule has 1 atom stereocenters. The number of hydrogen-bond donors (Lipinski definition) is 0. The van der Waals surface area contributed by atoms with Crippen LogP contribution in [0.2, 0.25) is 5.02 Å². The molecule has 92 valence electrons. The molecule has 0 spiro atoms. The number of benzene rings is 1. The predicted molar refractivity (Wildman–Crippen MR) is 71.4 cm³/mol. The summed E-state index contributed by atoms with van der Waals surface area (Å²) in [5.41, 5.74) is 1.16. The second-order valence-corrected chi connectivity index (χ2v) is 5.34. The Labute approximate surface area is 108 Å². The molecule has 0 heterocycles. The van der Waals surface area contributed by atoms with Gasteiger partial charge in [0.05, 0.1) is 0 Å². The molecule has 2 rings (SSSR count). The summed E-state index contributed by atoms with van der Waals surface area (Å²) in [4.78, 5) is 10.9. The van der Waals surface area contributed by atoms with Crippen LogP contribution in [0.5, 0.6) is 0 Å². The van der Waals surface area contributed by atoms with E-state index in [0.717, 1.165) is 16.9 Å². The second-order valence-electron chi connectivity index (χ2n) is 4.93. The summed E-state index contributed by atoms with van der Waals surface area (Å²) in [6.07, 6.45) is 8.06. The molecule has 0 bridgehead atoms. The maximum Gasteiger partial charge on any atom is 0.120 e. The Kier molecular flexibility index (Phi) is 4.61. The minimum atomic E-state index is 0.321. The maximum absolute atomic E-state index is 10.9. The Morgan fingerprint density at radius 1 is 1.24 bits per heavy atom. The van der Waals surface area contributed by atoms with Crippen LogP contribution < -0.4 is 0 Å². The van der Waals surface area contributed by atoms with Gasteiger partial charge in [-0.1, -0.05) is 49.1 Å². The van der Waals surface area contributed by atoms with Crippen LogP contribution in [-0.2, 0) is 4.79 Å². The molecule has 2 heteroatoms. The first-order valence-corrected chi connectivity index (χ1v) is 6.89. The average molecular weight is 251 g/mol. The lowest BCUT2D eigenvalue weighted by Crippen LogP contribution is -2.17. The number of hydrogen-bond acceptors (Lipinski definition) is 1. The van der Waals surface area contributed by atoms with E-state index in [1.54, 1.807) is 0 Å². The minimum absolute atomic E-state index is 0.321. The van der Waals surface area contributed by atoms with E-state index >= 15 is 0 Å². The molecule has 0 aliphatic heterocycles. The van der Waals surface area contributed by atoms with Crippen LogP contribution in [0.15, 0.2) is 24.3 Å². The fraction of sp³-hybridized carbons (Fsp3) is 0.533. The zero-order valence-corrected chi connectivity index (χ0v) is 10.8. The molecule has 1 aliphatic rings. The molecular weight excluding hydrogens is 232 g/mol. The topological polar surface area (TPSA) is 17.1 Å². The molecule has 17 heavy (non-hydrogen) atoms. The van der Waals surface area contributed by atoms with Gasteiger partial charge in [0, 0.05) is 11.4 Å². The van der Waals surface area contributed by atoms with E-state index < -0.39 is 0 Å². The third kappa shape index (κ3) is 3.10. The molecule has 0 saturated heterocycles. The molecule has 1 nitrogen and oxygen atoms in total. The van der Waals surface area contributed by atoms with E-state index in [1.807, 2.05) is 18.2 Å². The number of halogens is 1. The van der Waals surface area contributed by atoms with Crippen LogP contribution in [0.3, 0.4) is 0 Å². The van der Waals surface area contributed by atoms with E-state index in [4.69, 9.17) is 11.6 Å². The van der Waals surface area contributed by atoms with E-state index in [1.165, 1.54) is 32.1 Å². The zero-order chi connectivity index (χ0) is 12.1. The highest BCUT2D eigenvalue weighted by Crippen LogP contribution is 2.39. The number of carbonyl (C=O) groups excluding carboxylic acids is 1. The molecule has 0 aromatic heterocycles. The smallest absolute Gasteiger partial charge is 0.120 e. The molecular formula is C15H19ClO. The van der Waals surface area contributed by atoms with Crippen molar-refractivity contribution in [3.63, 3.8) is 0 Å². The van der Waals surface area contributed by atoms with E-state index in [9.17, 15) is 4.79 Å². The molecule has 0 amide bonds. The summed E-state index contributed by atoms with van der Waals surface area (Å²) < 4.78 is 0. The SMILES string of the molecule is O=CCC(c1ccccc1Cl)C1CCCCC1. The average Bonchev–Trinajstić information content (AvgIpc) is 2.38. The highest BCUT2D eigenvalue weighted by Gasteiger charge is 2.25. The molecule has 0 radical (unpaired) electrons. The molecule has 1 saturated carbocycles. The van der Waals surface area contributed by atoms with Crippen molar-refractivity contribution in [2.75, 3.05) is 0 Å². The van der Waals surface area contributed by atoms with Crippen molar-refractivity contribution < 1.29 is 4.79 Å². The van der Waals surface area contributed by atoms with Crippen LogP contribution in [-0.4, -0.2) is 6.29 Å². The summed E-state index contributed by atoms with van der Waals surface area (Å²) in [6.45, 7) is 0. The van der Waals surface area contributed by atoms with Crippen LogP contribution in [0.1, 0.15) is 50.0 Å². The molecule has 1 fully saturated rings. The van der Waals surface area contributed by atoms with Crippen molar-refractivity contribution >= 4 is 17.9 Å². The van der Waals surface area contributed by atoms with Gasteiger partial charge in [0.1, 0.15) is 6.29 Å². The lowest BCUT2D eigenvalue weighted by Gasteiger charge is -2.30. The summed E-state index contributed by atoms with van der Waals surface area (Å²) in [5, 5.41) is 0.810. The van der Waals surface area contributed by atoms with Crippen LogP contribution >= 0.6 is 11.6 Å². The van der Waals surface area contributed by atoms with E-state index in [-0.39, 0.29) is 0 Å². The quantitative estimate of drug-likeness (QED) is 0.714. The van der Waals surface area contributed by atoms with Gasteiger partial charge < -0.3 is 4.79 Å². The van der Waals surface area contributed by atoms with E-state index in [2.05, 4.69) is 6.07 Å². The summed E-state index contributed by atoms with van der Waals surface area (Å²) in [6, 6.07) is 7.97. The van der Waals surface area contributed by atoms with Gasteiger partial charge >= 0.3 is 0 Å². The predicted octanol–water partition coefficient (Wildman–Crippen LogP) is 4.59. The van der Waals surface area contributed by atoms with Crippen molar-refractivity contribution in [2.45, 2.75) is 44.4 Å². The Balaban J connectivity index is 2.21. The Hall–Kier alpha value is -0.820. The standard InChI is InChI=1S/C15H19ClO/c16-15-9-5-4-8-14(15)13(10-11-17)12-6-2-1-3-7-12/h4-5,8-9,11-13H,1-3,6-7,10H2. The molecule has 1 aliphatic carbocycles. The first kappa shape index (κ1) is 12.6. The van der Waals surface area contributed by atoms with Gasteiger partial charge in [-0.3, -0.25) is 0 Å². The Morgan fingerprint density at radius 3 is 2.59 bits per heavy atom. The molecule has 1 unspecified atom stereocenters. The lowest BCUT2D eigenvalue weighted by molar-refractivity contribution is -0.108. The van der Waals surface area contributed by atoms with Crippen molar-refractivity contribution in [3.8, 4) is 0 Å². The zero-order valence-electron chi connectivity index (χ0n) is 10.1. The van der Waals surface area contributed by atoms with Gasteiger partial charge in [0.25, 0.3) is 0 Å². The fourth-order valence-corrected chi connectivity index (χ4v) is 3.27. The van der Waals surface area contributed by atoms with Crippen molar-refractivity contribution in [1.82, 2.24) is 0 Å². The highest BCUT2D eigenvalue weighted by atomic mass is 35.5. The van der Waals surface area contributed by atoms with Crippen LogP contribution in [0.25, 0.3) is 0 Å². The monoisotopic (exact) mass is 250 g/mol. The van der Waals surface area contributed by atoms with Gasteiger partial charge in [0.2, 0.25) is 0 Å². The molecule has 1 aromatic rings. The number of aldehydes is 1. The van der Waals surface area contributed by atoms with Gasteiger partial charge in [0.15, 0.2) is 0 Å².